The maximum absolute atomic E-state index is 11.9. The Morgan fingerprint density at radius 3 is 1.50 bits per heavy atom. The second kappa shape index (κ2) is 21.7. The fourth-order valence-corrected chi connectivity index (χ4v) is 4.22. The number of unbranched alkanes of at least 4 members (excludes halogenated alkanes) is 16. The molecule has 0 aliphatic heterocycles. The van der Waals surface area contributed by atoms with E-state index in [0.29, 0.717) is 12.0 Å². The Kier molecular flexibility index (Phi) is 19.2. The van der Waals surface area contributed by atoms with Crippen LogP contribution < -0.4 is 5.32 Å². The van der Waals surface area contributed by atoms with Crippen LogP contribution in [0.3, 0.4) is 0 Å². The van der Waals surface area contributed by atoms with Crippen molar-refractivity contribution in [1.82, 2.24) is 0 Å². The molecule has 1 aromatic carbocycles. The number of carbonyl (C=O) groups is 2. The molecule has 0 fully saturated rings. The molecular weight excluding hydrogens is 422 g/mol. The van der Waals surface area contributed by atoms with E-state index < -0.39 is 11.9 Å². The number of esters is 2. The van der Waals surface area contributed by atoms with Crippen LogP contribution in [0.5, 0.6) is 0 Å². The smallest absolute Gasteiger partial charge is 0.345 e. The maximum atomic E-state index is 11.9. The van der Waals surface area contributed by atoms with Crippen molar-refractivity contribution in [2.45, 2.75) is 136 Å². The number of carbonyl (C=O) groups excluding carboxylic acids is 2. The second-order valence-corrected chi connectivity index (χ2v) is 9.67. The highest BCUT2D eigenvalue weighted by atomic mass is 16.6. The quantitative estimate of drug-likeness (QED) is 0.104. The van der Waals surface area contributed by atoms with Gasteiger partial charge in [-0.3, -0.25) is 4.79 Å². The van der Waals surface area contributed by atoms with E-state index in [9.17, 15) is 9.59 Å². The Bertz CT molecular complexity index is 626. The SMILES string of the molecule is CCCCCCCCCCCCCCCCCCCNc1ccc(C(=O)OC(=O)CCC)cc1. The third kappa shape index (κ3) is 16.7. The lowest BCUT2D eigenvalue weighted by atomic mass is 10.0. The summed E-state index contributed by atoms with van der Waals surface area (Å²) in [5, 5.41) is 3.41. The zero-order valence-corrected chi connectivity index (χ0v) is 22.2. The Hall–Kier alpha value is -1.84. The van der Waals surface area contributed by atoms with Gasteiger partial charge in [-0.05, 0) is 37.1 Å². The summed E-state index contributed by atoms with van der Waals surface area (Å²) in [5.41, 5.74) is 1.40. The minimum atomic E-state index is -0.571. The zero-order chi connectivity index (χ0) is 24.7. The monoisotopic (exact) mass is 473 g/mol. The number of hydrogen-bond donors (Lipinski definition) is 1. The van der Waals surface area contributed by atoms with E-state index >= 15 is 0 Å². The summed E-state index contributed by atoms with van der Waals surface area (Å²) in [6.07, 6.45) is 24.5. The number of anilines is 1. The number of benzene rings is 1. The molecule has 4 heteroatoms. The van der Waals surface area contributed by atoms with Crippen LogP contribution in [-0.2, 0) is 9.53 Å². The molecule has 0 aromatic heterocycles. The van der Waals surface area contributed by atoms with Gasteiger partial charge in [-0.2, -0.15) is 0 Å². The van der Waals surface area contributed by atoms with Crippen LogP contribution in [0.15, 0.2) is 24.3 Å². The van der Waals surface area contributed by atoms with Crippen LogP contribution in [0.1, 0.15) is 146 Å². The number of rotatable bonds is 22. The molecule has 1 rings (SSSR count). The summed E-state index contributed by atoms with van der Waals surface area (Å²) < 4.78 is 4.82. The number of hydrogen-bond acceptors (Lipinski definition) is 4. The lowest BCUT2D eigenvalue weighted by molar-refractivity contribution is -0.137. The van der Waals surface area contributed by atoms with Crippen LogP contribution in [0.2, 0.25) is 0 Å². The van der Waals surface area contributed by atoms with Crippen molar-refractivity contribution in [3.63, 3.8) is 0 Å². The maximum Gasteiger partial charge on any atom is 0.345 e. The first-order valence-electron chi connectivity index (χ1n) is 14.3. The van der Waals surface area contributed by atoms with Gasteiger partial charge in [0.05, 0.1) is 5.56 Å². The van der Waals surface area contributed by atoms with Crippen molar-refractivity contribution in [2.24, 2.45) is 0 Å². The molecule has 0 spiro atoms. The van der Waals surface area contributed by atoms with E-state index in [1.807, 2.05) is 19.1 Å². The molecule has 0 aliphatic carbocycles. The predicted octanol–water partition coefficient (Wildman–Crippen LogP) is 9.23. The number of ether oxygens (including phenoxy) is 1. The zero-order valence-electron chi connectivity index (χ0n) is 22.2. The van der Waals surface area contributed by atoms with Crippen LogP contribution in [0, 0.1) is 0 Å². The van der Waals surface area contributed by atoms with Gasteiger partial charge in [-0.15, -0.1) is 0 Å². The molecule has 1 N–H and O–H groups in total. The van der Waals surface area contributed by atoms with Crippen molar-refractivity contribution in [1.29, 1.82) is 0 Å². The molecule has 194 valence electrons. The van der Waals surface area contributed by atoms with Crippen molar-refractivity contribution in [3.8, 4) is 0 Å². The molecule has 0 atom stereocenters. The molecule has 0 saturated carbocycles. The van der Waals surface area contributed by atoms with Crippen molar-refractivity contribution in [2.75, 3.05) is 11.9 Å². The van der Waals surface area contributed by atoms with Crippen molar-refractivity contribution >= 4 is 17.6 Å². The molecular formula is C30H51NO3. The van der Waals surface area contributed by atoms with E-state index in [2.05, 4.69) is 12.2 Å². The lowest BCUT2D eigenvalue weighted by Gasteiger charge is -2.08. The molecule has 0 unspecified atom stereocenters. The average Bonchev–Trinajstić information content (AvgIpc) is 2.83. The molecule has 0 amide bonds. The van der Waals surface area contributed by atoms with E-state index in [4.69, 9.17) is 4.74 Å². The summed E-state index contributed by atoms with van der Waals surface area (Å²) in [6, 6.07) is 7.15. The van der Waals surface area contributed by atoms with Crippen LogP contribution >= 0.6 is 0 Å². The summed E-state index contributed by atoms with van der Waals surface area (Å²) in [5.74, 6) is -1.04. The van der Waals surface area contributed by atoms with Gasteiger partial charge in [0.2, 0.25) is 0 Å². The summed E-state index contributed by atoms with van der Waals surface area (Å²) in [7, 11) is 0. The topological polar surface area (TPSA) is 55.4 Å². The Morgan fingerprint density at radius 2 is 1.06 bits per heavy atom. The van der Waals surface area contributed by atoms with E-state index in [1.165, 1.54) is 103 Å². The highest BCUT2D eigenvalue weighted by molar-refractivity contribution is 5.97. The third-order valence-corrected chi connectivity index (χ3v) is 6.39. The van der Waals surface area contributed by atoms with E-state index in [-0.39, 0.29) is 6.42 Å². The second-order valence-electron chi connectivity index (χ2n) is 9.67. The van der Waals surface area contributed by atoms with E-state index in [0.717, 1.165) is 18.7 Å². The van der Waals surface area contributed by atoms with Gasteiger partial charge in [-0.1, -0.05) is 117 Å². The summed E-state index contributed by atoms with van der Waals surface area (Å²) in [6.45, 7) is 5.11. The van der Waals surface area contributed by atoms with Gasteiger partial charge >= 0.3 is 11.9 Å². The molecule has 0 bridgehead atoms. The van der Waals surface area contributed by atoms with Gasteiger partial charge in [0.25, 0.3) is 0 Å². The minimum Gasteiger partial charge on any atom is -0.389 e. The van der Waals surface area contributed by atoms with Gasteiger partial charge in [0.1, 0.15) is 0 Å². The van der Waals surface area contributed by atoms with Crippen LogP contribution in [0.25, 0.3) is 0 Å². The average molecular weight is 474 g/mol. The fourth-order valence-electron chi connectivity index (χ4n) is 4.22. The van der Waals surface area contributed by atoms with Crippen LogP contribution in [-0.4, -0.2) is 18.5 Å². The normalized spacial score (nSPS) is 10.9. The molecule has 1 aromatic rings. The molecule has 0 aliphatic rings. The molecule has 4 nitrogen and oxygen atoms in total. The highest BCUT2D eigenvalue weighted by Gasteiger charge is 2.11. The first-order valence-corrected chi connectivity index (χ1v) is 14.3. The predicted molar refractivity (Wildman–Crippen MR) is 144 cm³/mol. The third-order valence-electron chi connectivity index (χ3n) is 6.39. The van der Waals surface area contributed by atoms with Crippen molar-refractivity contribution in [3.05, 3.63) is 29.8 Å². The lowest BCUT2D eigenvalue weighted by Crippen LogP contribution is -2.12. The molecule has 0 saturated heterocycles. The van der Waals surface area contributed by atoms with Crippen molar-refractivity contribution < 1.29 is 14.3 Å². The van der Waals surface area contributed by atoms with Gasteiger partial charge in [-0.25, -0.2) is 4.79 Å². The van der Waals surface area contributed by atoms with Gasteiger partial charge < -0.3 is 10.1 Å². The summed E-state index contributed by atoms with van der Waals surface area (Å²) in [4.78, 5) is 23.3. The molecule has 34 heavy (non-hydrogen) atoms. The minimum absolute atomic E-state index is 0.269. The Balaban J connectivity index is 1.89. The van der Waals surface area contributed by atoms with Gasteiger partial charge in [0, 0.05) is 18.7 Å². The summed E-state index contributed by atoms with van der Waals surface area (Å²) >= 11 is 0. The van der Waals surface area contributed by atoms with Gasteiger partial charge in [0.15, 0.2) is 0 Å². The Morgan fingerprint density at radius 1 is 0.618 bits per heavy atom. The first-order chi connectivity index (χ1) is 16.7. The largest absolute Gasteiger partial charge is 0.389 e. The fraction of sp³-hybridized carbons (Fsp3) is 0.733. The molecule has 0 radical (unpaired) electrons. The Labute approximate surface area is 209 Å². The highest BCUT2D eigenvalue weighted by Crippen LogP contribution is 2.15. The van der Waals surface area contributed by atoms with Crippen LogP contribution in [0.4, 0.5) is 5.69 Å². The molecule has 0 heterocycles. The first kappa shape index (κ1) is 30.2. The standard InChI is InChI=1S/C30H51NO3/c1-3-5-6-7-8-9-10-11-12-13-14-15-16-17-18-19-20-26-31-28-24-22-27(23-25-28)30(33)34-29(32)21-4-2/h22-25,31H,3-21,26H2,1-2H3. The number of nitrogens with one attached hydrogen (secondary N) is 1. The van der Waals surface area contributed by atoms with E-state index in [1.54, 1.807) is 12.1 Å².